The molecule has 2 amide bonds. The van der Waals surface area contributed by atoms with Gasteiger partial charge in [-0.2, -0.15) is 0 Å². The topological polar surface area (TPSA) is 63.4 Å². The van der Waals surface area contributed by atoms with Crippen molar-refractivity contribution in [3.63, 3.8) is 0 Å². The van der Waals surface area contributed by atoms with Gasteiger partial charge in [0.25, 0.3) is 5.91 Å². The molecule has 5 heteroatoms. The van der Waals surface area contributed by atoms with Gasteiger partial charge in [0.15, 0.2) is 0 Å². The highest BCUT2D eigenvalue weighted by atomic mass is 32.1. The number of carbonyl (C=O) groups excluding carboxylic acids is 2. The molecule has 1 aliphatic rings. The molecule has 0 saturated heterocycles. The molecule has 1 aliphatic heterocycles. The molecule has 104 valence electrons. The number of anilines is 1. The second kappa shape index (κ2) is 5.10. The SMILES string of the molecule is NC(=S)c1cccc(N2C(=O)Cc3ccccc3C2=O)c1. The maximum Gasteiger partial charge on any atom is 0.265 e. The minimum absolute atomic E-state index is 0.208. The lowest BCUT2D eigenvalue weighted by molar-refractivity contribution is -0.117. The maximum atomic E-state index is 12.5. The molecule has 3 rings (SSSR count). The molecule has 4 nitrogen and oxygen atoms in total. The summed E-state index contributed by atoms with van der Waals surface area (Å²) in [7, 11) is 0. The zero-order valence-electron chi connectivity index (χ0n) is 11.1. The molecule has 0 atom stereocenters. The molecule has 2 N–H and O–H groups in total. The third kappa shape index (κ3) is 2.32. The van der Waals surface area contributed by atoms with E-state index in [9.17, 15) is 9.59 Å². The zero-order valence-corrected chi connectivity index (χ0v) is 11.9. The molecule has 0 aliphatic carbocycles. The highest BCUT2D eigenvalue weighted by Gasteiger charge is 2.31. The average molecular weight is 296 g/mol. The van der Waals surface area contributed by atoms with E-state index in [1.807, 2.05) is 6.07 Å². The Morgan fingerprint density at radius 3 is 2.62 bits per heavy atom. The van der Waals surface area contributed by atoms with Gasteiger partial charge in [0.1, 0.15) is 4.99 Å². The fraction of sp³-hybridized carbons (Fsp3) is 0.0625. The van der Waals surface area contributed by atoms with Crippen molar-refractivity contribution in [1.29, 1.82) is 0 Å². The molecule has 0 aromatic heterocycles. The number of nitrogens with zero attached hydrogens (tertiary/aromatic N) is 1. The van der Waals surface area contributed by atoms with Crippen molar-refractivity contribution in [3.8, 4) is 0 Å². The van der Waals surface area contributed by atoms with Gasteiger partial charge < -0.3 is 5.73 Å². The summed E-state index contributed by atoms with van der Waals surface area (Å²) in [5, 5.41) is 0. The lowest BCUT2D eigenvalue weighted by Crippen LogP contribution is -2.42. The lowest BCUT2D eigenvalue weighted by Gasteiger charge is -2.27. The number of thiocarbonyl (C=S) groups is 1. The van der Waals surface area contributed by atoms with Crippen molar-refractivity contribution in [1.82, 2.24) is 0 Å². The fourth-order valence-corrected chi connectivity index (χ4v) is 2.55. The fourth-order valence-electron chi connectivity index (χ4n) is 2.42. The number of hydrogen-bond acceptors (Lipinski definition) is 3. The summed E-state index contributed by atoms with van der Waals surface area (Å²) >= 11 is 4.93. The Balaban J connectivity index is 2.07. The molecule has 0 spiro atoms. The number of carbonyl (C=O) groups is 2. The predicted molar refractivity (Wildman–Crippen MR) is 84.3 cm³/mol. The third-order valence-electron chi connectivity index (χ3n) is 3.43. The Morgan fingerprint density at radius 2 is 1.86 bits per heavy atom. The van der Waals surface area contributed by atoms with Crippen LogP contribution in [0.5, 0.6) is 0 Å². The van der Waals surface area contributed by atoms with Crippen LogP contribution >= 0.6 is 12.2 Å². The van der Waals surface area contributed by atoms with E-state index in [0.29, 0.717) is 16.8 Å². The number of amides is 2. The first-order valence-electron chi connectivity index (χ1n) is 6.43. The first-order chi connectivity index (χ1) is 10.1. The van der Waals surface area contributed by atoms with Gasteiger partial charge >= 0.3 is 0 Å². The second-order valence-electron chi connectivity index (χ2n) is 4.78. The molecule has 2 aromatic carbocycles. The van der Waals surface area contributed by atoms with Crippen LogP contribution in [0.3, 0.4) is 0 Å². The predicted octanol–water partition coefficient (Wildman–Crippen LogP) is 2.05. The molecule has 0 bridgehead atoms. The number of imide groups is 1. The first-order valence-corrected chi connectivity index (χ1v) is 6.84. The summed E-state index contributed by atoms with van der Waals surface area (Å²) in [4.78, 5) is 26.3. The number of nitrogens with two attached hydrogens (primary N) is 1. The quantitative estimate of drug-likeness (QED) is 0.680. The minimum Gasteiger partial charge on any atom is -0.389 e. The minimum atomic E-state index is -0.318. The monoisotopic (exact) mass is 296 g/mol. The average Bonchev–Trinajstić information content (AvgIpc) is 2.47. The highest BCUT2D eigenvalue weighted by Crippen LogP contribution is 2.26. The Bertz CT molecular complexity index is 770. The van der Waals surface area contributed by atoms with Gasteiger partial charge in [-0.1, -0.05) is 42.5 Å². The van der Waals surface area contributed by atoms with Crippen molar-refractivity contribution < 1.29 is 9.59 Å². The zero-order chi connectivity index (χ0) is 15.0. The van der Waals surface area contributed by atoms with Crippen LogP contribution in [0, 0.1) is 0 Å². The van der Waals surface area contributed by atoms with E-state index in [4.69, 9.17) is 18.0 Å². The third-order valence-corrected chi connectivity index (χ3v) is 3.67. The van der Waals surface area contributed by atoms with E-state index in [0.717, 1.165) is 5.56 Å². The number of rotatable bonds is 2. The van der Waals surface area contributed by atoms with Crippen LogP contribution < -0.4 is 10.6 Å². The summed E-state index contributed by atoms with van der Waals surface area (Å²) in [6.45, 7) is 0. The van der Waals surface area contributed by atoms with Crippen LogP contribution in [0.2, 0.25) is 0 Å². The number of fused-ring (bicyclic) bond motifs is 1. The van der Waals surface area contributed by atoms with Crippen molar-refractivity contribution >= 4 is 34.7 Å². The molecule has 21 heavy (non-hydrogen) atoms. The number of hydrogen-bond donors (Lipinski definition) is 1. The van der Waals surface area contributed by atoms with Gasteiger partial charge in [-0.15, -0.1) is 0 Å². The smallest absolute Gasteiger partial charge is 0.265 e. The Labute approximate surface area is 127 Å². The Morgan fingerprint density at radius 1 is 1.10 bits per heavy atom. The molecule has 0 fully saturated rings. The summed E-state index contributed by atoms with van der Waals surface area (Å²) in [5.41, 5.74) is 8.03. The molecular weight excluding hydrogens is 284 g/mol. The summed E-state index contributed by atoms with van der Waals surface area (Å²) < 4.78 is 0. The van der Waals surface area contributed by atoms with Crippen molar-refractivity contribution in [3.05, 3.63) is 65.2 Å². The van der Waals surface area contributed by atoms with Crippen molar-refractivity contribution in [2.45, 2.75) is 6.42 Å². The van der Waals surface area contributed by atoms with Crippen LogP contribution in [0.25, 0.3) is 0 Å². The number of benzene rings is 2. The standard InChI is InChI=1S/C16H12N2O2S/c17-15(21)11-5-3-6-12(8-11)18-14(19)9-10-4-1-2-7-13(10)16(18)20/h1-8H,9H2,(H2,17,21). The van der Waals surface area contributed by atoms with Crippen LogP contribution in [0.4, 0.5) is 5.69 Å². The Kier molecular flexibility index (Phi) is 3.27. The molecule has 0 saturated carbocycles. The van der Waals surface area contributed by atoms with Crippen LogP contribution in [-0.4, -0.2) is 16.8 Å². The van der Waals surface area contributed by atoms with Crippen molar-refractivity contribution in [2.75, 3.05) is 4.90 Å². The van der Waals surface area contributed by atoms with Gasteiger partial charge in [0.2, 0.25) is 5.91 Å². The van der Waals surface area contributed by atoms with Gasteiger partial charge in [-0.25, -0.2) is 4.90 Å². The van der Waals surface area contributed by atoms with Gasteiger partial charge in [-0.05, 0) is 23.8 Å². The molecular formula is C16H12N2O2S. The summed E-state index contributed by atoms with van der Waals surface area (Å²) in [5.74, 6) is -0.569. The molecule has 1 heterocycles. The molecule has 2 aromatic rings. The first kappa shape index (κ1) is 13.5. The van der Waals surface area contributed by atoms with Crippen LogP contribution in [-0.2, 0) is 11.2 Å². The van der Waals surface area contributed by atoms with Gasteiger partial charge in [0.05, 0.1) is 12.1 Å². The largest absolute Gasteiger partial charge is 0.389 e. The van der Waals surface area contributed by atoms with E-state index in [-0.39, 0.29) is 23.2 Å². The normalized spacial score (nSPS) is 14.0. The maximum absolute atomic E-state index is 12.5. The second-order valence-corrected chi connectivity index (χ2v) is 5.22. The highest BCUT2D eigenvalue weighted by molar-refractivity contribution is 7.80. The van der Waals surface area contributed by atoms with Crippen LogP contribution in [0.1, 0.15) is 21.5 Å². The van der Waals surface area contributed by atoms with Crippen LogP contribution in [0.15, 0.2) is 48.5 Å². The van der Waals surface area contributed by atoms with E-state index in [1.54, 1.807) is 42.5 Å². The van der Waals surface area contributed by atoms with E-state index < -0.39 is 0 Å². The van der Waals surface area contributed by atoms with Gasteiger partial charge in [0, 0.05) is 11.1 Å². The van der Waals surface area contributed by atoms with Crippen molar-refractivity contribution in [2.24, 2.45) is 5.73 Å². The summed E-state index contributed by atoms with van der Waals surface area (Å²) in [6, 6.07) is 14.0. The lowest BCUT2D eigenvalue weighted by atomic mass is 9.98. The summed E-state index contributed by atoms with van der Waals surface area (Å²) in [6.07, 6.45) is 0.208. The molecule has 0 radical (unpaired) electrons. The molecule has 0 unspecified atom stereocenters. The van der Waals surface area contributed by atoms with Gasteiger partial charge in [-0.3, -0.25) is 9.59 Å². The van der Waals surface area contributed by atoms with E-state index in [2.05, 4.69) is 0 Å². The van der Waals surface area contributed by atoms with E-state index in [1.165, 1.54) is 4.90 Å². The Hall–Kier alpha value is -2.53. The van der Waals surface area contributed by atoms with E-state index >= 15 is 0 Å².